The largest absolute Gasteiger partial charge is 0.495 e. The third-order valence-corrected chi connectivity index (χ3v) is 2.10. The van der Waals surface area contributed by atoms with Gasteiger partial charge in [0.2, 0.25) is 0 Å². The fraction of sp³-hybridized carbons (Fsp3) is 0.286. The second kappa shape index (κ2) is 3.39. The lowest BCUT2D eigenvalue weighted by atomic mass is 10.4. The molecule has 0 amide bonds. The number of ether oxygens (including phenoxy) is 2. The summed E-state index contributed by atoms with van der Waals surface area (Å²) in [6.07, 6.45) is 0. The van der Waals surface area contributed by atoms with Crippen LogP contribution in [0.4, 0.5) is 0 Å². The summed E-state index contributed by atoms with van der Waals surface area (Å²) < 4.78 is 9.45. The lowest BCUT2D eigenvalue weighted by Crippen LogP contribution is -1.99. The molecule has 0 saturated carbocycles. The van der Waals surface area contributed by atoms with Gasteiger partial charge in [-0.25, -0.2) is 4.79 Å². The van der Waals surface area contributed by atoms with E-state index in [1.54, 1.807) is 11.4 Å². The first-order valence-corrected chi connectivity index (χ1v) is 3.87. The van der Waals surface area contributed by atoms with Crippen LogP contribution in [0.2, 0.25) is 0 Å². The van der Waals surface area contributed by atoms with Crippen LogP contribution in [-0.4, -0.2) is 20.2 Å². The molecular formula is C7H8O3S. The fourth-order valence-corrected chi connectivity index (χ4v) is 1.47. The minimum absolute atomic E-state index is 0.350. The minimum Gasteiger partial charge on any atom is -0.495 e. The maximum atomic E-state index is 11.0. The third-order valence-electron chi connectivity index (χ3n) is 1.22. The molecule has 0 bridgehead atoms. The molecule has 0 aromatic carbocycles. The van der Waals surface area contributed by atoms with Crippen LogP contribution >= 0.6 is 11.3 Å². The molecule has 0 fully saturated rings. The van der Waals surface area contributed by atoms with Crippen molar-refractivity contribution in [3.8, 4) is 5.75 Å². The number of carbonyl (C=O) groups is 1. The Balaban J connectivity index is 2.92. The lowest BCUT2D eigenvalue weighted by Gasteiger charge is -1.98. The van der Waals surface area contributed by atoms with Crippen LogP contribution in [0.3, 0.4) is 0 Å². The highest BCUT2D eigenvalue weighted by Gasteiger charge is 2.12. The van der Waals surface area contributed by atoms with Gasteiger partial charge in [-0.1, -0.05) is 0 Å². The summed E-state index contributed by atoms with van der Waals surface area (Å²) in [5.74, 6) is 0.221. The standard InChI is InChI=1S/C7H8O3S/c1-9-5-3-4-11-6(5)7(8)10-2/h3-4H,1-2H3. The van der Waals surface area contributed by atoms with Gasteiger partial charge in [0.15, 0.2) is 4.88 Å². The lowest BCUT2D eigenvalue weighted by molar-refractivity contribution is 0.0603. The van der Waals surface area contributed by atoms with Gasteiger partial charge in [0.1, 0.15) is 5.75 Å². The van der Waals surface area contributed by atoms with Crippen LogP contribution in [0.25, 0.3) is 0 Å². The number of hydrogen-bond acceptors (Lipinski definition) is 4. The Morgan fingerprint density at radius 3 is 2.82 bits per heavy atom. The minimum atomic E-state index is -0.350. The van der Waals surface area contributed by atoms with Gasteiger partial charge in [0.05, 0.1) is 14.2 Å². The van der Waals surface area contributed by atoms with Gasteiger partial charge in [0, 0.05) is 0 Å². The summed E-state index contributed by atoms with van der Waals surface area (Å²) in [7, 11) is 2.87. The SMILES string of the molecule is COC(=O)c1sccc1OC. The number of carbonyl (C=O) groups excluding carboxylic acids is 1. The molecule has 0 aliphatic carbocycles. The van der Waals surface area contributed by atoms with Crippen molar-refractivity contribution in [3.05, 3.63) is 16.3 Å². The second-order valence-electron chi connectivity index (χ2n) is 1.81. The van der Waals surface area contributed by atoms with Crippen LogP contribution in [-0.2, 0) is 4.74 Å². The summed E-state index contributed by atoms with van der Waals surface area (Å²) in [5, 5.41) is 1.78. The number of hydrogen-bond donors (Lipinski definition) is 0. The van der Waals surface area contributed by atoms with Gasteiger partial charge in [-0.05, 0) is 11.4 Å². The van der Waals surface area contributed by atoms with E-state index in [1.807, 2.05) is 0 Å². The highest BCUT2D eigenvalue weighted by Crippen LogP contribution is 2.24. The Morgan fingerprint density at radius 1 is 1.55 bits per heavy atom. The monoisotopic (exact) mass is 172 g/mol. The molecule has 1 aromatic heterocycles. The van der Waals surface area contributed by atoms with Crippen molar-refractivity contribution in [3.63, 3.8) is 0 Å². The average Bonchev–Trinajstić information content (AvgIpc) is 2.50. The molecule has 0 saturated heterocycles. The van der Waals surface area contributed by atoms with Crippen molar-refractivity contribution >= 4 is 17.3 Å². The zero-order valence-corrected chi connectivity index (χ0v) is 7.10. The molecule has 3 nitrogen and oxygen atoms in total. The van der Waals surface area contributed by atoms with E-state index in [-0.39, 0.29) is 5.97 Å². The van der Waals surface area contributed by atoms with Crippen LogP contribution in [0.1, 0.15) is 9.67 Å². The van der Waals surface area contributed by atoms with Crippen LogP contribution in [0, 0.1) is 0 Å². The number of methoxy groups -OCH3 is 2. The molecular weight excluding hydrogens is 164 g/mol. The van der Waals surface area contributed by atoms with Gasteiger partial charge >= 0.3 is 5.97 Å². The summed E-state index contributed by atoms with van der Waals surface area (Å²) in [4.78, 5) is 11.5. The van der Waals surface area contributed by atoms with Crippen LogP contribution < -0.4 is 4.74 Å². The van der Waals surface area contributed by atoms with Crippen molar-refractivity contribution in [2.45, 2.75) is 0 Å². The molecule has 0 N–H and O–H groups in total. The zero-order valence-electron chi connectivity index (χ0n) is 6.29. The molecule has 60 valence electrons. The summed E-state index contributed by atoms with van der Waals surface area (Å²) in [5.41, 5.74) is 0. The van der Waals surface area contributed by atoms with Crippen molar-refractivity contribution in [1.29, 1.82) is 0 Å². The first-order valence-electron chi connectivity index (χ1n) is 2.99. The normalized spacial score (nSPS) is 9.27. The Kier molecular flexibility index (Phi) is 2.48. The Morgan fingerprint density at radius 2 is 2.27 bits per heavy atom. The zero-order chi connectivity index (χ0) is 8.27. The van der Waals surface area contributed by atoms with E-state index < -0.39 is 0 Å². The second-order valence-corrected chi connectivity index (χ2v) is 2.73. The first-order chi connectivity index (χ1) is 5.29. The highest BCUT2D eigenvalue weighted by atomic mass is 32.1. The Labute approximate surface area is 68.6 Å². The number of esters is 1. The summed E-state index contributed by atoms with van der Waals surface area (Å²) in [6, 6.07) is 1.73. The van der Waals surface area contributed by atoms with Gasteiger partial charge in [-0.2, -0.15) is 0 Å². The van der Waals surface area contributed by atoms with Gasteiger partial charge in [-0.3, -0.25) is 0 Å². The predicted octanol–water partition coefficient (Wildman–Crippen LogP) is 1.54. The predicted molar refractivity (Wildman–Crippen MR) is 42.2 cm³/mol. The van der Waals surface area contributed by atoms with E-state index in [4.69, 9.17) is 4.74 Å². The molecule has 0 aliphatic heterocycles. The molecule has 1 heterocycles. The van der Waals surface area contributed by atoms with Gasteiger partial charge < -0.3 is 9.47 Å². The highest BCUT2D eigenvalue weighted by molar-refractivity contribution is 7.12. The number of thiophene rings is 1. The molecule has 0 unspecified atom stereocenters. The van der Waals surface area contributed by atoms with Crippen LogP contribution in [0.15, 0.2) is 11.4 Å². The van der Waals surface area contributed by atoms with E-state index in [0.717, 1.165) is 0 Å². The van der Waals surface area contributed by atoms with E-state index in [0.29, 0.717) is 10.6 Å². The molecule has 0 aliphatic rings. The first kappa shape index (κ1) is 8.07. The van der Waals surface area contributed by atoms with Crippen LogP contribution in [0.5, 0.6) is 5.75 Å². The van der Waals surface area contributed by atoms with E-state index >= 15 is 0 Å². The van der Waals surface area contributed by atoms with Crippen molar-refractivity contribution < 1.29 is 14.3 Å². The maximum Gasteiger partial charge on any atom is 0.351 e. The maximum absolute atomic E-state index is 11.0. The van der Waals surface area contributed by atoms with Crippen molar-refractivity contribution in [2.24, 2.45) is 0 Å². The molecule has 0 radical (unpaired) electrons. The molecule has 1 rings (SSSR count). The molecule has 0 atom stereocenters. The summed E-state index contributed by atoms with van der Waals surface area (Å²) >= 11 is 1.31. The smallest absolute Gasteiger partial charge is 0.351 e. The Hall–Kier alpha value is -1.03. The van der Waals surface area contributed by atoms with Gasteiger partial charge in [-0.15, -0.1) is 11.3 Å². The molecule has 0 spiro atoms. The van der Waals surface area contributed by atoms with Gasteiger partial charge in [0.25, 0.3) is 0 Å². The average molecular weight is 172 g/mol. The van der Waals surface area contributed by atoms with Crippen molar-refractivity contribution in [2.75, 3.05) is 14.2 Å². The fourth-order valence-electron chi connectivity index (χ4n) is 0.700. The quantitative estimate of drug-likeness (QED) is 0.635. The topological polar surface area (TPSA) is 35.5 Å². The third kappa shape index (κ3) is 1.51. The van der Waals surface area contributed by atoms with E-state index in [9.17, 15) is 4.79 Å². The molecule has 11 heavy (non-hydrogen) atoms. The van der Waals surface area contributed by atoms with Crippen molar-refractivity contribution in [1.82, 2.24) is 0 Å². The van der Waals surface area contributed by atoms with E-state index in [1.165, 1.54) is 25.6 Å². The molecule has 1 aromatic rings. The summed E-state index contributed by atoms with van der Waals surface area (Å²) in [6.45, 7) is 0. The van der Waals surface area contributed by atoms with E-state index in [2.05, 4.69) is 4.74 Å². The Bertz CT molecular complexity index is 254. The molecule has 4 heteroatoms. The number of rotatable bonds is 2.